The number of aromatic nitrogens is 2. The maximum atomic E-state index is 14.2. The minimum atomic E-state index is -0.418. The number of nitrogens with one attached hydrogen (secondary N) is 2. The van der Waals surface area contributed by atoms with Crippen molar-refractivity contribution in [3.8, 4) is 5.69 Å². The van der Waals surface area contributed by atoms with Gasteiger partial charge in [0.15, 0.2) is 0 Å². The van der Waals surface area contributed by atoms with Gasteiger partial charge in [0, 0.05) is 36.9 Å². The predicted molar refractivity (Wildman–Crippen MR) is 142 cm³/mol. The Morgan fingerprint density at radius 3 is 2.78 bits per heavy atom. The molecular weight excluding hydrogens is 453 g/mol. The highest BCUT2D eigenvalue weighted by atomic mass is 19.1. The van der Waals surface area contributed by atoms with Crippen LogP contribution in [0.3, 0.4) is 0 Å². The summed E-state index contributed by atoms with van der Waals surface area (Å²) < 4.78 is 16.2. The molecule has 2 saturated heterocycles. The minimum Gasteiger partial charge on any atom is -0.350 e. The number of carbonyl (C=O) groups is 1. The maximum absolute atomic E-state index is 14.2. The molecule has 6 nitrogen and oxygen atoms in total. The smallest absolute Gasteiger partial charge is 0.253 e. The quantitative estimate of drug-likeness (QED) is 0.512. The van der Waals surface area contributed by atoms with E-state index in [0.717, 1.165) is 43.1 Å². The van der Waals surface area contributed by atoms with E-state index in [1.165, 1.54) is 55.4 Å². The first-order valence-electron chi connectivity index (χ1n) is 13.4. The van der Waals surface area contributed by atoms with Crippen LogP contribution in [0.1, 0.15) is 54.6 Å². The number of halogens is 1. The molecule has 0 spiro atoms. The van der Waals surface area contributed by atoms with Crippen molar-refractivity contribution in [1.29, 1.82) is 0 Å². The van der Waals surface area contributed by atoms with Crippen molar-refractivity contribution < 1.29 is 9.18 Å². The fraction of sp³-hybridized carbons (Fsp3) is 0.517. The Labute approximate surface area is 213 Å². The summed E-state index contributed by atoms with van der Waals surface area (Å²) in [5, 5.41) is 7.58. The molecule has 2 aliphatic heterocycles. The summed E-state index contributed by atoms with van der Waals surface area (Å²) in [5.74, 6) is 0.732. The van der Waals surface area contributed by atoms with Gasteiger partial charge in [0.2, 0.25) is 0 Å². The number of likely N-dealkylation sites (tertiary alicyclic amines) is 1. The molecule has 0 bridgehead atoms. The Morgan fingerprint density at radius 1 is 1.19 bits per heavy atom. The van der Waals surface area contributed by atoms with E-state index in [0.29, 0.717) is 17.2 Å². The highest BCUT2D eigenvalue weighted by Crippen LogP contribution is 2.32. The minimum absolute atomic E-state index is 0.0373. The molecule has 7 heteroatoms. The van der Waals surface area contributed by atoms with E-state index in [1.54, 1.807) is 6.07 Å². The SMILES string of the molecule is Cc1cncc2c1c(C[C@@H]1CCN(CC3CCNCC3)C1)cn2-c1ccc(F)cc1C(=O)NC(C)C. The van der Waals surface area contributed by atoms with Crippen molar-refractivity contribution in [3.63, 3.8) is 0 Å². The van der Waals surface area contributed by atoms with Crippen LogP contribution in [0.2, 0.25) is 0 Å². The van der Waals surface area contributed by atoms with Gasteiger partial charge in [-0.25, -0.2) is 4.39 Å². The molecule has 4 heterocycles. The largest absolute Gasteiger partial charge is 0.350 e. The number of pyridine rings is 1. The van der Waals surface area contributed by atoms with E-state index in [9.17, 15) is 9.18 Å². The zero-order chi connectivity index (χ0) is 25.2. The first-order valence-corrected chi connectivity index (χ1v) is 13.4. The molecule has 1 atom stereocenters. The second kappa shape index (κ2) is 10.7. The van der Waals surface area contributed by atoms with Crippen LogP contribution in [0.25, 0.3) is 16.6 Å². The second-order valence-corrected chi connectivity index (χ2v) is 11.0. The molecule has 1 aromatic carbocycles. The monoisotopic (exact) mass is 491 g/mol. The number of benzene rings is 1. The van der Waals surface area contributed by atoms with Crippen LogP contribution in [0, 0.1) is 24.6 Å². The molecule has 0 unspecified atom stereocenters. The molecule has 0 aliphatic carbocycles. The van der Waals surface area contributed by atoms with Crippen molar-refractivity contribution >= 4 is 16.8 Å². The van der Waals surface area contributed by atoms with Gasteiger partial charge in [0.25, 0.3) is 5.91 Å². The number of hydrogen-bond acceptors (Lipinski definition) is 4. The van der Waals surface area contributed by atoms with Gasteiger partial charge >= 0.3 is 0 Å². The normalized spacial score (nSPS) is 19.4. The molecule has 2 aliphatic rings. The van der Waals surface area contributed by atoms with Crippen LogP contribution in [-0.2, 0) is 6.42 Å². The van der Waals surface area contributed by atoms with Crippen molar-refractivity contribution in [2.75, 3.05) is 32.7 Å². The number of amides is 1. The molecule has 2 aromatic heterocycles. The van der Waals surface area contributed by atoms with Gasteiger partial charge in [-0.05, 0) is 107 Å². The van der Waals surface area contributed by atoms with E-state index in [-0.39, 0.29) is 11.9 Å². The van der Waals surface area contributed by atoms with E-state index in [4.69, 9.17) is 0 Å². The Balaban J connectivity index is 1.43. The average molecular weight is 492 g/mol. The fourth-order valence-electron chi connectivity index (χ4n) is 6.02. The Morgan fingerprint density at radius 2 is 2.00 bits per heavy atom. The highest BCUT2D eigenvalue weighted by molar-refractivity contribution is 5.99. The lowest BCUT2D eigenvalue weighted by atomic mass is 9.96. The molecule has 36 heavy (non-hydrogen) atoms. The van der Waals surface area contributed by atoms with Gasteiger partial charge in [-0.1, -0.05) is 0 Å². The van der Waals surface area contributed by atoms with Gasteiger partial charge < -0.3 is 20.1 Å². The van der Waals surface area contributed by atoms with Gasteiger partial charge in [-0.3, -0.25) is 9.78 Å². The van der Waals surface area contributed by atoms with Gasteiger partial charge in [-0.15, -0.1) is 0 Å². The van der Waals surface area contributed by atoms with Gasteiger partial charge in [-0.2, -0.15) is 0 Å². The van der Waals surface area contributed by atoms with Gasteiger partial charge in [0.05, 0.1) is 23.0 Å². The van der Waals surface area contributed by atoms with E-state index in [2.05, 4.69) is 33.6 Å². The lowest BCUT2D eigenvalue weighted by molar-refractivity contribution is 0.0942. The molecule has 0 saturated carbocycles. The van der Waals surface area contributed by atoms with Crippen LogP contribution >= 0.6 is 0 Å². The zero-order valence-electron chi connectivity index (χ0n) is 21.7. The van der Waals surface area contributed by atoms with Crippen molar-refractivity contribution in [1.82, 2.24) is 25.1 Å². The maximum Gasteiger partial charge on any atom is 0.253 e. The van der Waals surface area contributed by atoms with Crippen LogP contribution in [0.4, 0.5) is 4.39 Å². The van der Waals surface area contributed by atoms with E-state index >= 15 is 0 Å². The predicted octanol–water partition coefficient (Wildman–Crippen LogP) is 4.48. The molecule has 3 aromatic rings. The Bertz CT molecular complexity index is 1230. The summed E-state index contributed by atoms with van der Waals surface area (Å²) in [6.07, 6.45) is 10.7. The molecule has 5 rings (SSSR count). The Kier molecular flexibility index (Phi) is 7.39. The Hall–Kier alpha value is -2.77. The molecular formula is C29H38FN5O. The standard InChI is InChI=1S/C29H38FN5O/c1-19(2)33-29(36)25-13-24(30)4-5-26(25)35-18-23(28-20(3)14-32-15-27(28)35)12-22-8-11-34(17-22)16-21-6-9-31-10-7-21/h4-5,13-15,18-19,21-22,31H,6-12,16-17H2,1-3H3,(H,33,36)/t22-/m0/s1. The molecule has 192 valence electrons. The summed E-state index contributed by atoms with van der Waals surface area (Å²) >= 11 is 0. The molecule has 2 N–H and O–H groups in total. The summed E-state index contributed by atoms with van der Waals surface area (Å²) in [4.78, 5) is 20.1. The second-order valence-electron chi connectivity index (χ2n) is 11.0. The number of nitrogens with zero attached hydrogens (tertiary/aromatic N) is 3. The molecule has 0 radical (unpaired) electrons. The first-order chi connectivity index (χ1) is 17.4. The number of fused-ring (bicyclic) bond motifs is 1. The zero-order valence-corrected chi connectivity index (χ0v) is 21.7. The number of carbonyl (C=O) groups excluding carboxylic acids is 1. The van der Waals surface area contributed by atoms with Crippen LogP contribution in [-0.4, -0.2) is 59.1 Å². The summed E-state index contributed by atoms with van der Waals surface area (Å²) in [7, 11) is 0. The number of aryl methyl sites for hydroxylation is 1. The summed E-state index contributed by atoms with van der Waals surface area (Å²) in [5.41, 5.74) is 4.37. The number of piperidine rings is 1. The van der Waals surface area contributed by atoms with Crippen molar-refractivity contribution in [2.24, 2.45) is 11.8 Å². The summed E-state index contributed by atoms with van der Waals surface area (Å²) in [6, 6.07) is 4.42. The lowest BCUT2D eigenvalue weighted by Crippen LogP contribution is -2.35. The first kappa shape index (κ1) is 24.9. The lowest BCUT2D eigenvalue weighted by Gasteiger charge is -2.27. The third kappa shape index (κ3) is 5.32. The molecule has 1 amide bonds. The van der Waals surface area contributed by atoms with E-state index < -0.39 is 5.82 Å². The topological polar surface area (TPSA) is 62.2 Å². The number of rotatable bonds is 7. The average Bonchev–Trinajstić information content (AvgIpc) is 3.44. The summed E-state index contributed by atoms with van der Waals surface area (Å²) in [6.45, 7) is 11.7. The fourth-order valence-corrected chi connectivity index (χ4v) is 6.02. The molecule has 2 fully saturated rings. The van der Waals surface area contributed by atoms with Crippen molar-refractivity contribution in [3.05, 3.63) is 59.3 Å². The van der Waals surface area contributed by atoms with Crippen LogP contribution in [0.5, 0.6) is 0 Å². The van der Waals surface area contributed by atoms with Crippen LogP contribution < -0.4 is 10.6 Å². The third-order valence-corrected chi connectivity index (χ3v) is 7.72. The van der Waals surface area contributed by atoms with Crippen molar-refractivity contribution in [2.45, 2.75) is 52.5 Å². The number of hydrogen-bond donors (Lipinski definition) is 2. The van der Waals surface area contributed by atoms with Crippen LogP contribution in [0.15, 0.2) is 36.8 Å². The highest BCUT2D eigenvalue weighted by Gasteiger charge is 2.27. The third-order valence-electron chi connectivity index (χ3n) is 7.72. The van der Waals surface area contributed by atoms with E-state index in [1.807, 2.05) is 30.8 Å². The van der Waals surface area contributed by atoms with Gasteiger partial charge in [0.1, 0.15) is 5.82 Å².